The molecule has 5 heterocycles. The number of halogens is 1. The lowest BCUT2D eigenvalue weighted by molar-refractivity contribution is 0.131. The summed E-state index contributed by atoms with van der Waals surface area (Å²) in [7, 11) is 0. The Balaban J connectivity index is 1.21. The van der Waals surface area contributed by atoms with E-state index in [2.05, 4.69) is 48.1 Å². The molecule has 1 N–H and O–H groups in total. The second-order valence-corrected chi connectivity index (χ2v) is 9.49. The van der Waals surface area contributed by atoms with Crippen LogP contribution in [0.15, 0.2) is 41.7 Å². The summed E-state index contributed by atoms with van der Waals surface area (Å²) in [4.78, 5) is 25.0. The Kier molecular flexibility index (Phi) is 7.60. The second-order valence-electron chi connectivity index (χ2n) is 9.49. The van der Waals surface area contributed by atoms with Crippen LogP contribution in [0.3, 0.4) is 0 Å². The molecule has 2 saturated heterocycles. The Morgan fingerprint density at radius 1 is 1.11 bits per heavy atom. The van der Waals surface area contributed by atoms with Gasteiger partial charge in [0, 0.05) is 63.8 Å². The molecule has 3 aliphatic heterocycles. The Morgan fingerprint density at radius 2 is 1.94 bits per heavy atom. The maximum Gasteiger partial charge on any atom is 0.227 e. The zero-order chi connectivity index (χ0) is 24.9. The van der Waals surface area contributed by atoms with Gasteiger partial charge in [-0.05, 0) is 31.2 Å². The topological polar surface area (TPSA) is 96.6 Å². The fourth-order valence-corrected chi connectivity index (χ4v) is 4.93. The number of hydrogen-bond acceptors (Lipinski definition) is 9. The van der Waals surface area contributed by atoms with Gasteiger partial charge in [-0.25, -0.2) is 14.4 Å². The molecule has 9 nitrogen and oxygen atoms in total. The summed E-state index contributed by atoms with van der Waals surface area (Å²) in [5, 5.41) is 12.9. The van der Waals surface area contributed by atoms with Crippen molar-refractivity contribution < 1.29 is 4.39 Å². The first-order valence-corrected chi connectivity index (χ1v) is 12.6. The molecule has 3 aliphatic rings. The van der Waals surface area contributed by atoms with E-state index in [1.165, 1.54) is 0 Å². The quantitative estimate of drug-likeness (QED) is 0.634. The summed E-state index contributed by atoms with van der Waals surface area (Å²) in [6.45, 7) is 9.46. The number of hydrogen-bond donors (Lipinski definition) is 1. The molecule has 2 fully saturated rings. The van der Waals surface area contributed by atoms with Gasteiger partial charge in [0.1, 0.15) is 18.3 Å². The fourth-order valence-electron chi connectivity index (χ4n) is 4.93. The number of nitrogens with zero attached hydrogens (tertiary/aromatic N) is 8. The van der Waals surface area contributed by atoms with Crippen LogP contribution in [0.1, 0.15) is 24.7 Å². The van der Waals surface area contributed by atoms with E-state index in [1.54, 1.807) is 24.7 Å². The predicted molar refractivity (Wildman–Crippen MR) is 137 cm³/mol. The van der Waals surface area contributed by atoms with Crippen molar-refractivity contribution in [2.45, 2.75) is 32.2 Å². The van der Waals surface area contributed by atoms with E-state index < -0.39 is 12.1 Å². The number of nitrogens with one attached hydrogen (secondary N) is 1. The number of anilines is 2. The monoisotopic (exact) mass is 489 g/mol. The molecule has 10 heteroatoms. The molecule has 5 rings (SSSR count). The van der Waals surface area contributed by atoms with Gasteiger partial charge in [0.05, 0.1) is 29.3 Å². The van der Waals surface area contributed by atoms with Crippen LogP contribution in [-0.2, 0) is 6.54 Å². The van der Waals surface area contributed by atoms with Gasteiger partial charge in [-0.3, -0.25) is 19.8 Å². The Bertz CT molecular complexity index is 1130. The van der Waals surface area contributed by atoms with Crippen LogP contribution in [0.25, 0.3) is 5.57 Å². The minimum Gasteiger partial charge on any atom is -0.323 e. The summed E-state index contributed by atoms with van der Waals surface area (Å²) in [5.41, 5.74) is 3.28. The number of rotatable bonds is 7. The van der Waals surface area contributed by atoms with E-state index in [9.17, 15) is 9.65 Å². The predicted octanol–water partition coefficient (Wildman–Crippen LogP) is 2.73. The number of dihydropyridines is 1. The van der Waals surface area contributed by atoms with Crippen molar-refractivity contribution in [2.75, 3.05) is 51.1 Å². The van der Waals surface area contributed by atoms with Crippen molar-refractivity contribution in [1.82, 2.24) is 29.7 Å². The average molecular weight is 490 g/mol. The highest BCUT2D eigenvalue weighted by molar-refractivity contribution is 6.09. The van der Waals surface area contributed by atoms with Crippen molar-refractivity contribution in [3.8, 4) is 6.07 Å². The molecule has 0 aromatic carbocycles. The van der Waals surface area contributed by atoms with Crippen molar-refractivity contribution in [1.29, 1.82) is 5.26 Å². The van der Waals surface area contributed by atoms with Crippen LogP contribution < -0.4 is 5.32 Å². The number of pyridine rings is 1. The molecule has 188 valence electrons. The molecule has 3 atom stereocenters. The number of allylic oxidation sites excluding steroid dienone is 1. The third-order valence-corrected chi connectivity index (χ3v) is 7.06. The third-order valence-electron chi connectivity index (χ3n) is 7.06. The Morgan fingerprint density at radius 3 is 2.64 bits per heavy atom. The zero-order valence-corrected chi connectivity index (χ0v) is 20.6. The molecule has 0 bridgehead atoms. The van der Waals surface area contributed by atoms with Crippen LogP contribution in [0, 0.1) is 17.2 Å². The van der Waals surface area contributed by atoms with E-state index in [0.717, 1.165) is 56.2 Å². The number of likely N-dealkylation sites (N-methyl/N-ethyl adjacent to an activating group) is 1. The lowest BCUT2D eigenvalue weighted by Crippen LogP contribution is -2.45. The van der Waals surface area contributed by atoms with E-state index in [4.69, 9.17) is 0 Å². The highest BCUT2D eigenvalue weighted by Gasteiger charge is 2.33. The van der Waals surface area contributed by atoms with Gasteiger partial charge >= 0.3 is 0 Å². The molecular weight excluding hydrogens is 457 g/mol. The molecule has 0 amide bonds. The number of likely N-dealkylation sites (tertiary alicyclic amines) is 1. The maximum atomic E-state index is 13.7. The van der Waals surface area contributed by atoms with Crippen molar-refractivity contribution in [3.63, 3.8) is 0 Å². The lowest BCUT2D eigenvalue weighted by atomic mass is 9.98. The first-order valence-electron chi connectivity index (χ1n) is 12.6. The van der Waals surface area contributed by atoms with Crippen LogP contribution in [0.2, 0.25) is 0 Å². The third kappa shape index (κ3) is 5.75. The van der Waals surface area contributed by atoms with E-state index in [-0.39, 0.29) is 6.17 Å². The molecule has 0 saturated carbocycles. The lowest BCUT2D eigenvalue weighted by Gasteiger charge is -2.33. The summed E-state index contributed by atoms with van der Waals surface area (Å²) in [6, 6.07) is 8.14. The first kappa shape index (κ1) is 24.4. The molecule has 2 aromatic rings. The zero-order valence-electron chi connectivity index (χ0n) is 20.6. The maximum absolute atomic E-state index is 13.7. The second kappa shape index (κ2) is 11.2. The Labute approximate surface area is 211 Å². The Hall–Kier alpha value is -3.26. The molecular formula is C26H32FN9. The molecule has 0 aliphatic carbocycles. The van der Waals surface area contributed by atoms with Crippen LogP contribution >= 0.6 is 0 Å². The van der Waals surface area contributed by atoms with Crippen molar-refractivity contribution in [2.24, 2.45) is 10.9 Å². The number of nitriles is 1. The van der Waals surface area contributed by atoms with Gasteiger partial charge in [0.2, 0.25) is 5.95 Å². The van der Waals surface area contributed by atoms with E-state index in [0.29, 0.717) is 31.2 Å². The standard InChI is InChI=1S/C26H32FN9/c1-2-34-9-11-35(12-10-34)18-23-4-3-22(16-30-23)32-26-29-7-5-24(33-26)20-13-19(14-28)25(31-15-20)36-8-6-21(27)17-36/h3-5,7,13,15-16,19,21,25H,2,6,8-12,17-18H2,1H3,(H,29,32,33)/t19?,21-,25?/m1/s1. The summed E-state index contributed by atoms with van der Waals surface area (Å²) in [6.07, 6.45) is 6.38. The SMILES string of the molecule is CCN1CCN(Cc2ccc(Nc3nccc(C4=CC(C#N)C(N5CC[C@@H](F)C5)N=C4)n3)cn2)CC1. The van der Waals surface area contributed by atoms with Crippen LogP contribution in [-0.4, -0.2) is 94.0 Å². The normalized spacial score (nSPS) is 25.5. The van der Waals surface area contributed by atoms with Gasteiger partial charge in [-0.2, -0.15) is 5.26 Å². The number of alkyl halides is 1. The average Bonchev–Trinajstić information content (AvgIpc) is 3.36. The smallest absolute Gasteiger partial charge is 0.227 e. The largest absolute Gasteiger partial charge is 0.323 e. The highest BCUT2D eigenvalue weighted by atomic mass is 19.1. The minimum atomic E-state index is -0.847. The number of piperazine rings is 1. The van der Waals surface area contributed by atoms with Crippen molar-refractivity contribution >= 4 is 23.4 Å². The first-order chi connectivity index (χ1) is 17.6. The summed E-state index contributed by atoms with van der Waals surface area (Å²) in [5.74, 6) is -0.00847. The van der Waals surface area contributed by atoms with Gasteiger partial charge in [-0.15, -0.1) is 0 Å². The van der Waals surface area contributed by atoms with Crippen LogP contribution in [0.4, 0.5) is 16.0 Å². The fraction of sp³-hybridized carbons (Fsp3) is 0.500. The van der Waals surface area contributed by atoms with Crippen LogP contribution in [0.5, 0.6) is 0 Å². The van der Waals surface area contributed by atoms with Gasteiger partial charge in [-0.1, -0.05) is 13.0 Å². The number of aromatic nitrogens is 3. The highest BCUT2D eigenvalue weighted by Crippen LogP contribution is 2.27. The molecule has 2 aromatic heterocycles. The minimum absolute atomic E-state index is 0.327. The van der Waals surface area contributed by atoms with Crippen molar-refractivity contribution in [3.05, 3.63) is 48.1 Å². The molecule has 0 spiro atoms. The van der Waals surface area contributed by atoms with Gasteiger partial charge < -0.3 is 10.2 Å². The molecule has 0 radical (unpaired) electrons. The molecule has 2 unspecified atom stereocenters. The van der Waals surface area contributed by atoms with E-state index >= 15 is 0 Å². The molecule has 36 heavy (non-hydrogen) atoms. The summed E-state index contributed by atoms with van der Waals surface area (Å²) < 4.78 is 13.7. The van der Waals surface area contributed by atoms with Gasteiger partial charge in [0.25, 0.3) is 0 Å². The number of aliphatic imine (C=N–C) groups is 1. The summed E-state index contributed by atoms with van der Waals surface area (Å²) >= 11 is 0. The van der Waals surface area contributed by atoms with E-state index in [1.807, 2.05) is 23.1 Å². The van der Waals surface area contributed by atoms with Gasteiger partial charge in [0.15, 0.2) is 0 Å².